The number of piperidine rings is 1. The molecule has 0 radical (unpaired) electrons. The van der Waals surface area contributed by atoms with E-state index in [0.29, 0.717) is 32.6 Å². The second-order valence-corrected chi connectivity index (χ2v) is 6.60. The Labute approximate surface area is 119 Å². The number of carboxylic acids is 1. The molecule has 0 aromatic rings. The summed E-state index contributed by atoms with van der Waals surface area (Å²) >= 11 is 0. The zero-order valence-electron chi connectivity index (χ0n) is 12.2. The highest BCUT2D eigenvalue weighted by molar-refractivity contribution is 5.90. The smallest absolute Gasteiger partial charge is 0.326 e. The zero-order chi connectivity index (χ0) is 15.0. The Morgan fingerprint density at radius 2 is 1.85 bits per heavy atom. The number of carbonyl (C=O) groups is 2. The quantitative estimate of drug-likeness (QED) is 0.774. The van der Waals surface area contributed by atoms with Crippen LogP contribution >= 0.6 is 0 Å². The first-order valence-electron chi connectivity index (χ1n) is 7.18. The van der Waals surface area contributed by atoms with Crippen LogP contribution in [-0.2, 0) is 14.3 Å². The number of carbonyl (C=O) groups excluding carboxylic acids is 1. The van der Waals surface area contributed by atoms with Crippen molar-refractivity contribution in [3.8, 4) is 0 Å². The van der Waals surface area contributed by atoms with Crippen molar-refractivity contribution in [2.24, 2.45) is 11.1 Å². The van der Waals surface area contributed by atoms with Gasteiger partial charge in [0, 0.05) is 19.8 Å². The fourth-order valence-corrected chi connectivity index (χ4v) is 3.31. The lowest BCUT2D eigenvalue weighted by Gasteiger charge is -2.47. The molecule has 6 heteroatoms. The van der Waals surface area contributed by atoms with E-state index in [2.05, 4.69) is 0 Å². The van der Waals surface area contributed by atoms with E-state index in [0.717, 1.165) is 12.8 Å². The number of ether oxygens (including phenoxy) is 1. The van der Waals surface area contributed by atoms with E-state index in [1.165, 1.54) is 4.90 Å². The van der Waals surface area contributed by atoms with Crippen LogP contribution in [0.15, 0.2) is 0 Å². The third-order valence-electron chi connectivity index (χ3n) is 4.58. The van der Waals surface area contributed by atoms with Crippen molar-refractivity contribution in [1.29, 1.82) is 0 Å². The van der Waals surface area contributed by atoms with Gasteiger partial charge in [-0.2, -0.15) is 0 Å². The Kier molecular flexibility index (Phi) is 4.07. The number of aliphatic carboxylic acids is 1. The molecule has 2 aliphatic heterocycles. The highest BCUT2D eigenvalue weighted by Crippen LogP contribution is 2.37. The average Bonchev–Trinajstić information content (AvgIpc) is 2.36. The summed E-state index contributed by atoms with van der Waals surface area (Å²) in [7, 11) is 0. The van der Waals surface area contributed by atoms with Gasteiger partial charge in [0.2, 0.25) is 5.91 Å². The normalized spacial score (nSPS) is 28.9. The molecule has 1 unspecified atom stereocenters. The largest absolute Gasteiger partial charge is 0.480 e. The minimum absolute atomic E-state index is 0.235. The van der Waals surface area contributed by atoms with Gasteiger partial charge in [0.1, 0.15) is 6.04 Å². The Hall–Kier alpha value is -1.14. The molecule has 0 saturated carbocycles. The van der Waals surface area contributed by atoms with Crippen molar-refractivity contribution in [3.05, 3.63) is 0 Å². The molecule has 0 spiro atoms. The minimum Gasteiger partial charge on any atom is -0.480 e. The third kappa shape index (κ3) is 2.67. The van der Waals surface area contributed by atoms with E-state index < -0.39 is 23.0 Å². The van der Waals surface area contributed by atoms with E-state index in [9.17, 15) is 14.7 Å². The summed E-state index contributed by atoms with van der Waals surface area (Å²) in [5.41, 5.74) is 4.82. The fraction of sp³-hybridized carbons (Fsp3) is 0.857. The van der Waals surface area contributed by atoms with Gasteiger partial charge in [-0.15, -0.1) is 0 Å². The maximum atomic E-state index is 12.8. The Morgan fingerprint density at radius 1 is 1.25 bits per heavy atom. The number of nitrogens with zero attached hydrogens (tertiary/aromatic N) is 1. The van der Waals surface area contributed by atoms with E-state index >= 15 is 0 Å². The molecule has 20 heavy (non-hydrogen) atoms. The van der Waals surface area contributed by atoms with Gasteiger partial charge in [-0.05, 0) is 31.1 Å². The monoisotopic (exact) mass is 284 g/mol. The number of likely N-dealkylation sites (tertiary alicyclic amines) is 1. The lowest BCUT2D eigenvalue weighted by molar-refractivity contribution is -0.163. The molecule has 6 nitrogen and oxygen atoms in total. The number of rotatable bonds is 2. The van der Waals surface area contributed by atoms with Crippen LogP contribution in [0.25, 0.3) is 0 Å². The lowest BCUT2D eigenvalue weighted by atomic mass is 9.75. The van der Waals surface area contributed by atoms with Crippen LogP contribution in [0.4, 0.5) is 0 Å². The number of nitrogens with two attached hydrogens (primary N) is 1. The van der Waals surface area contributed by atoms with Crippen molar-refractivity contribution in [2.45, 2.75) is 51.1 Å². The molecule has 2 heterocycles. The number of hydrogen-bond donors (Lipinski definition) is 2. The van der Waals surface area contributed by atoms with Gasteiger partial charge in [0.15, 0.2) is 0 Å². The minimum atomic E-state index is -0.973. The number of hydrogen-bond acceptors (Lipinski definition) is 4. The second kappa shape index (κ2) is 5.33. The number of carboxylic acid groups (broad SMARTS) is 1. The highest BCUT2D eigenvalue weighted by Gasteiger charge is 2.49. The van der Waals surface area contributed by atoms with E-state index in [4.69, 9.17) is 10.5 Å². The van der Waals surface area contributed by atoms with Gasteiger partial charge in [-0.1, -0.05) is 13.8 Å². The molecule has 0 aromatic heterocycles. The van der Waals surface area contributed by atoms with Crippen molar-refractivity contribution >= 4 is 11.9 Å². The second-order valence-electron chi connectivity index (χ2n) is 6.60. The molecule has 1 amide bonds. The van der Waals surface area contributed by atoms with Gasteiger partial charge >= 0.3 is 5.97 Å². The van der Waals surface area contributed by atoms with Crippen LogP contribution in [0.3, 0.4) is 0 Å². The zero-order valence-corrected chi connectivity index (χ0v) is 12.2. The molecule has 0 aliphatic carbocycles. The molecule has 0 bridgehead atoms. The molecule has 114 valence electrons. The molecular formula is C14H24N2O4. The first kappa shape index (κ1) is 15.3. The summed E-state index contributed by atoms with van der Waals surface area (Å²) in [4.78, 5) is 25.9. The van der Waals surface area contributed by atoms with Gasteiger partial charge < -0.3 is 20.5 Å². The van der Waals surface area contributed by atoms with Crippen LogP contribution in [0, 0.1) is 5.41 Å². The summed E-state index contributed by atoms with van der Waals surface area (Å²) < 4.78 is 5.25. The first-order valence-corrected chi connectivity index (χ1v) is 7.18. The van der Waals surface area contributed by atoms with Crippen molar-refractivity contribution in [2.75, 3.05) is 19.8 Å². The lowest BCUT2D eigenvalue weighted by Crippen LogP contribution is -2.65. The van der Waals surface area contributed by atoms with E-state index in [1.807, 2.05) is 13.8 Å². The maximum absolute atomic E-state index is 12.8. The van der Waals surface area contributed by atoms with Gasteiger partial charge in [-0.3, -0.25) is 4.79 Å². The van der Waals surface area contributed by atoms with Crippen molar-refractivity contribution < 1.29 is 19.4 Å². The summed E-state index contributed by atoms with van der Waals surface area (Å²) in [5.74, 6) is -1.18. The first-order chi connectivity index (χ1) is 9.28. The molecule has 2 fully saturated rings. The summed E-state index contributed by atoms with van der Waals surface area (Å²) in [6, 6.07) is -0.799. The van der Waals surface area contributed by atoms with Crippen LogP contribution in [-0.4, -0.2) is 53.2 Å². The molecule has 0 aromatic carbocycles. The van der Waals surface area contributed by atoms with Crippen molar-refractivity contribution in [3.63, 3.8) is 0 Å². The predicted molar refractivity (Wildman–Crippen MR) is 73.1 cm³/mol. The molecular weight excluding hydrogens is 260 g/mol. The van der Waals surface area contributed by atoms with Crippen LogP contribution in [0.1, 0.15) is 39.5 Å². The molecule has 3 N–H and O–H groups in total. The summed E-state index contributed by atoms with van der Waals surface area (Å²) in [6.07, 6.45) is 2.52. The SMILES string of the molecule is CC1(C)CCCN(C(=O)C2(N)CCOCC2)C1C(=O)O. The van der Waals surface area contributed by atoms with Gasteiger partial charge in [0.25, 0.3) is 0 Å². The Morgan fingerprint density at radius 3 is 2.40 bits per heavy atom. The number of amides is 1. The topological polar surface area (TPSA) is 92.9 Å². The van der Waals surface area contributed by atoms with E-state index in [-0.39, 0.29) is 5.91 Å². The fourth-order valence-electron chi connectivity index (χ4n) is 3.31. The standard InChI is InChI=1S/C14H24N2O4/c1-13(2)4-3-7-16(10(13)11(17)18)12(19)14(15)5-8-20-9-6-14/h10H,3-9,15H2,1-2H3,(H,17,18). The van der Waals surface area contributed by atoms with Crippen LogP contribution < -0.4 is 5.73 Å². The molecule has 2 saturated heterocycles. The van der Waals surface area contributed by atoms with Gasteiger partial charge in [0.05, 0.1) is 5.54 Å². The van der Waals surface area contributed by atoms with Crippen molar-refractivity contribution in [1.82, 2.24) is 4.90 Å². The predicted octanol–water partition coefficient (Wildman–Crippen LogP) is 0.596. The average molecular weight is 284 g/mol. The molecule has 2 rings (SSSR count). The van der Waals surface area contributed by atoms with Gasteiger partial charge in [-0.25, -0.2) is 4.79 Å². The van der Waals surface area contributed by atoms with E-state index in [1.54, 1.807) is 0 Å². The Bertz CT molecular complexity index is 402. The third-order valence-corrected chi connectivity index (χ3v) is 4.58. The highest BCUT2D eigenvalue weighted by atomic mass is 16.5. The molecule has 1 atom stereocenters. The van der Waals surface area contributed by atoms with Crippen LogP contribution in [0.5, 0.6) is 0 Å². The molecule has 2 aliphatic rings. The van der Waals surface area contributed by atoms with Crippen LogP contribution in [0.2, 0.25) is 0 Å². The maximum Gasteiger partial charge on any atom is 0.326 e. The summed E-state index contributed by atoms with van der Waals surface area (Å²) in [5, 5.41) is 9.52. The summed E-state index contributed by atoms with van der Waals surface area (Å²) in [6.45, 7) is 5.18. The Balaban J connectivity index is 2.24.